The highest BCUT2D eigenvalue weighted by atomic mass is 16.5. The summed E-state index contributed by atoms with van der Waals surface area (Å²) in [5, 5.41) is 12.8. The van der Waals surface area contributed by atoms with Gasteiger partial charge in [-0.05, 0) is 25.7 Å². The number of aliphatic hydroxyl groups excluding tert-OH is 1. The van der Waals surface area contributed by atoms with Gasteiger partial charge in [0.2, 0.25) is 0 Å². The number of hydrogen-bond acceptors (Lipinski definition) is 5. The average molecular weight is 259 g/mol. The first kappa shape index (κ1) is 14.2. The quantitative estimate of drug-likeness (QED) is 0.744. The van der Waals surface area contributed by atoms with Crippen LogP contribution < -0.4 is 5.32 Å². The molecular weight excluding hydrogens is 234 g/mol. The number of ether oxygens (including phenoxy) is 3. The Morgan fingerprint density at radius 3 is 2.83 bits per heavy atom. The Morgan fingerprint density at radius 1 is 1.39 bits per heavy atom. The fraction of sp³-hybridized carbons (Fsp3) is 1.00. The Morgan fingerprint density at radius 2 is 2.17 bits per heavy atom. The van der Waals surface area contributed by atoms with Crippen LogP contribution in [0.5, 0.6) is 0 Å². The van der Waals surface area contributed by atoms with Gasteiger partial charge in [0.15, 0.2) is 0 Å². The minimum Gasteiger partial charge on any atom is -0.395 e. The van der Waals surface area contributed by atoms with E-state index in [1.165, 1.54) is 0 Å². The molecule has 2 saturated heterocycles. The SMILES string of the molecule is COCC(CO)NC1CCOC2(CCOCC2)C1. The Labute approximate surface area is 109 Å². The van der Waals surface area contributed by atoms with Crippen molar-refractivity contribution < 1.29 is 19.3 Å². The van der Waals surface area contributed by atoms with Crippen LogP contribution in [0.4, 0.5) is 0 Å². The summed E-state index contributed by atoms with van der Waals surface area (Å²) in [6.45, 7) is 3.05. The van der Waals surface area contributed by atoms with Crippen LogP contribution in [0, 0.1) is 0 Å². The number of rotatable bonds is 5. The van der Waals surface area contributed by atoms with E-state index in [2.05, 4.69) is 5.32 Å². The summed E-state index contributed by atoms with van der Waals surface area (Å²) in [6, 6.07) is 0.430. The van der Waals surface area contributed by atoms with Crippen LogP contribution in [-0.4, -0.2) is 62.9 Å². The normalized spacial score (nSPS) is 29.3. The molecule has 0 radical (unpaired) electrons. The van der Waals surface area contributed by atoms with E-state index in [1.807, 2.05) is 0 Å². The number of hydrogen-bond donors (Lipinski definition) is 2. The summed E-state index contributed by atoms with van der Waals surface area (Å²) in [4.78, 5) is 0. The zero-order chi connectivity index (χ0) is 12.8. The van der Waals surface area contributed by atoms with E-state index in [1.54, 1.807) is 7.11 Å². The van der Waals surface area contributed by atoms with Crippen LogP contribution in [0.1, 0.15) is 25.7 Å². The molecule has 2 fully saturated rings. The highest BCUT2D eigenvalue weighted by Crippen LogP contribution is 2.34. The standard InChI is InChI=1S/C13H25NO4/c1-16-10-12(9-15)14-11-2-5-18-13(8-11)3-6-17-7-4-13/h11-12,14-15H,2-10H2,1H3. The Bertz CT molecular complexity index is 238. The van der Waals surface area contributed by atoms with Crippen LogP contribution in [0.15, 0.2) is 0 Å². The van der Waals surface area contributed by atoms with Crippen molar-refractivity contribution in [1.29, 1.82) is 0 Å². The molecule has 2 aliphatic heterocycles. The maximum atomic E-state index is 9.30. The average Bonchev–Trinajstić information content (AvgIpc) is 2.39. The number of nitrogens with one attached hydrogen (secondary N) is 1. The molecule has 2 rings (SSSR count). The van der Waals surface area contributed by atoms with Gasteiger partial charge >= 0.3 is 0 Å². The molecule has 0 saturated carbocycles. The second kappa shape index (κ2) is 6.82. The third kappa shape index (κ3) is 3.65. The van der Waals surface area contributed by atoms with Gasteiger partial charge in [-0.1, -0.05) is 0 Å². The minimum atomic E-state index is 0.00123. The molecule has 2 aliphatic rings. The van der Waals surface area contributed by atoms with Crippen molar-refractivity contribution in [2.45, 2.75) is 43.4 Å². The van der Waals surface area contributed by atoms with E-state index >= 15 is 0 Å². The van der Waals surface area contributed by atoms with Crippen LogP contribution in [0.25, 0.3) is 0 Å². The Hall–Kier alpha value is -0.200. The molecule has 106 valence electrons. The fourth-order valence-corrected chi connectivity index (χ4v) is 2.95. The van der Waals surface area contributed by atoms with E-state index in [-0.39, 0.29) is 18.2 Å². The van der Waals surface area contributed by atoms with Gasteiger partial charge < -0.3 is 24.6 Å². The molecule has 0 bridgehead atoms. The molecule has 5 nitrogen and oxygen atoms in total. The molecule has 0 aliphatic carbocycles. The topological polar surface area (TPSA) is 60.0 Å². The summed E-state index contributed by atoms with van der Waals surface area (Å²) < 4.78 is 16.5. The van der Waals surface area contributed by atoms with E-state index < -0.39 is 0 Å². The van der Waals surface area contributed by atoms with Gasteiger partial charge in [-0.15, -0.1) is 0 Å². The van der Waals surface area contributed by atoms with Gasteiger partial charge in [-0.25, -0.2) is 0 Å². The lowest BCUT2D eigenvalue weighted by Crippen LogP contribution is -2.53. The predicted molar refractivity (Wildman–Crippen MR) is 67.6 cm³/mol. The molecule has 1 spiro atoms. The molecule has 5 heteroatoms. The molecule has 2 heterocycles. The lowest BCUT2D eigenvalue weighted by atomic mass is 9.84. The summed E-state index contributed by atoms with van der Waals surface area (Å²) in [7, 11) is 1.66. The molecule has 0 aromatic rings. The number of methoxy groups -OCH3 is 1. The maximum absolute atomic E-state index is 9.30. The van der Waals surface area contributed by atoms with Crippen molar-refractivity contribution in [2.24, 2.45) is 0 Å². The monoisotopic (exact) mass is 259 g/mol. The van der Waals surface area contributed by atoms with Crippen molar-refractivity contribution in [2.75, 3.05) is 40.1 Å². The fourth-order valence-electron chi connectivity index (χ4n) is 2.95. The van der Waals surface area contributed by atoms with Crippen LogP contribution >= 0.6 is 0 Å². The Balaban J connectivity index is 1.85. The van der Waals surface area contributed by atoms with E-state index in [0.29, 0.717) is 12.6 Å². The van der Waals surface area contributed by atoms with Crippen molar-refractivity contribution >= 4 is 0 Å². The molecule has 2 atom stereocenters. The van der Waals surface area contributed by atoms with Crippen LogP contribution in [-0.2, 0) is 14.2 Å². The van der Waals surface area contributed by atoms with Crippen molar-refractivity contribution in [3.63, 3.8) is 0 Å². The lowest BCUT2D eigenvalue weighted by molar-refractivity contribution is -0.141. The second-order valence-electron chi connectivity index (χ2n) is 5.34. The minimum absolute atomic E-state index is 0.00123. The zero-order valence-electron chi connectivity index (χ0n) is 11.2. The van der Waals surface area contributed by atoms with E-state index in [9.17, 15) is 5.11 Å². The van der Waals surface area contributed by atoms with Crippen molar-refractivity contribution in [3.05, 3.63) is 0 Å². The summed E-state index contributed by atoms with van der Waals surface area (Å²) in [6.07, 6.45) is 3.98. The van der Waals surface area contributed by atoms with Crippen molar-refractivity contribution in [1.82, 2.24) is 5.32 Å². The molecule has 2 N–H and O–H groups in total. The smallest absolute Gasteiger partial charge is 0.0741 e. The summed E-state index contributed by atoms with van der Waals surface area (Å²) in [5.41, 5.74) is 0.00123. The van der Waals surface area contributed by atoms with Crippen LogP contribution in [0.2, 0.25) is 0 Å². The second-order valence-corrected chi connectivity index (χ2v) is 5.34. The largest absolute Gasteiger partial charge is 0.395 e. The predicted octanol–water partition coefficient (Wildman–Crippen LogP) is 0.312. The highest BCUT2D eigenvalue weighted by molar-refractivity contribution is 4.92. The third-order valence-corrected chi connectivity index (χ3v) is 3.96. The molecule has 18 heavy (non-hydrogen) atoms. The highest BCUT2D eigenvalue weighted by Gasteiger charge is 2.39. The first-order valence-corrected chi connectivity index (χ1v) is 6.85. The van der Waals surface area contributed by atoms with Crippen LogP contribution in [0.3, 0.4) is 0 Å². The van der Waals surface area contributed by atoms with Crippen molar-refractivity contribution in [3.8, 4) is 0 Å². The first-order valence-electron chi connectivity index (χ1n) is 6.85. The maximum Gasteiger partial charge on any atom is 0.0741 e. The van der Waals surface area contributed by atoms with Gasteiger partial charge in [-0.2, -0.15) is 0 Å². The Kier molecular flexibility index (Phi) is 5.38. The molecular formula is C13H25NO4. The first-order chi connectivity index (χ1) is 8.78. The van der Waals surface area contributed by atoms with Gasteiger partial charge in [0.1, 0.15) is 0 Å². The van der Waals surface area contributed by atoms with Gasteiger partial charge in [0, 0.05) is 33.0 Å². The van der Waals surface area contributed by atoms with E-state index in [0.717, 1.165) is 45.5 Å². The summed E-state index contributed by atoms with van der Waals surface area (Å²) in [5.74, 6) is 0. The molecule has 2 unspecified atom stereocenters. The van der Waals surface area contributed by atoms with Gasteiger partial charge in [0.05, 0.1) is 24.9 Å². The molecule has 0 aromatic heterocycles. The number of aliphatic hydroxyl groups is 1. The summed E-state index contributed by atoms with van der Waals surface area (Å²) >= 11 is 0. The van der Waals surface area contributed by atoms with Gasteiger partial charge in [0.25, 0.3) is 0 Å². The van der Waals surface area contributed by atoms with E-state index in [4.69, 9.17) is 14.2 Å². The third-order valence-electron chi connectivity index (χ3n) is 3.96. The molecule has 0 aromatic carbocycles. The molecule has 0 amide bonds. The van der Waals surface area contributed by atoms with Gasteiger partial charge in [-0.3, -0.25) is 0 Å². The lowest BCUT2D eigenvalue weighted by Gasteiger charge is -2.44. The zero-order valence-corrected chi connectivity index (χ0v) is 11.2.